The molecule has 0 spiro atoms. The molecule has 1 aliphatic rings. The molecule has 0 saturated carbocycles. The molecular formula is C17H14N2O4. The number of nitrogens with zero attached hydrogens (tertiary/aromatic N) is 2. The predicted octanol–water partition coefficient (Wildman–Crippen LogP) is 3.09. The summed E-state index contributed by atoms with van der Waals surface area (Å²) in [7, 11) is 0. The van der Waals surface area contributed by atoms with Crippen molar-refractivity contribution in [2.45, 2.75) is 13.8 Å². The molecule has 0 aliphatic carbocycles. The van der Waals surface area contributed by atoms with E-state index >= 15 is 0 Å². The van der Waals surface area contributed by atoms with Crippen molar-refractivity contribution in [3.8, 4) is 0 Å². The molecule has 6 heteroatoms. The lowest BCUT2D eigenvalue weighted by atomic mass is 10.1. The zero-order chi connectivity index (χ0) is 16.6. The van der Waals surface area contributed by atoms with Gasteiger partial charge in [-0.25, -0.2) is 4.79 Å². The van der Waals surface area contributed by atoms with Crippen molar-refractivity contribution < 1.29 is 19.1 Å². The largest absolute Gasteiger partial charge is 0.478 e. The summed E-state index contributed by atoms with van der Waals surface area (Å²) in [4.78, 5) is 23.4. The number of hydrogen-bond acceptors (Lipinski definition) is 4. The van der Waals surface area contributed by atoms with Gasteiger partial charge in [-0.3, -0.25) is 4.79 Å². The Hall–Kier alpha value is -3.15. The van der Waals surface area contributed by atoms with Crippen molar-refractivity contribution in [3.63, 3.8) is 0 Å². The van der Waals surface area contributed by atoms with Gasteiger partial charge in [0.15, 0.2) is 0 Å². The number of hydrogen-bond donors (Lipinski definition) is 1. The first-order chi connectivity index (χ1) is 11.0. The van der Waals surface area contributed by atoms with Gasteiger partial charge in [-0.15, -0.1) is 0 Å². The molecule has 2 heterocycles. The van der Waals surface area contributed by atoms with Gasteiger partial charge in [0, 0.05) is 0 Å². The quantitative estimate of drug-likeness (QED) is 0.883. The molecular weight excluding hydrogens is 296 g/mol. The summed E-state index contributed by atoms with van der Waals surface area (Å²) in [5, 5.41) is 14.4. The molecule has 0 fully saturated rings. The molecule has 0 atom stereocenters. The number of aromatic carboxylic acids is 1. The highest BCUT2D eigenvalue weighted by Crippen LogP contribution is 2.25. The molecule has 0 unspecified atom stereocenters. The number of carbonyl (C=O) groups excluding carboxylic acids is 1. The van der Waals surface area contributed by atoms with Crippen LogP contribution in [0.1, 0.15) is 28.8 Å². The lowest BCUT2D eigenvalue weighted by Gasteiger charge is -2.11. The lowest BCUT2D eigenvalue weighted by molar-refractivity contribution is -0.114. The number of hydrazone groups is 1. The van der Waals surface area contributed by atoms with Crippen molar-refractivity contribution in [1.82, 2.24) is 0 Å². The van der Waals surface area contributed by atoms with Gasteiger partial charge in [0.05, 0.1) is 22.5 Å². The van der Waals surface area contributed by atoms with Crippen LogP contribution in [0.2, 0.25) is 0 Å². The first kappa shape index (κ1) is 14.8. The van der Waals surface area contributed by atoms with E-state index < -0.39 is 5.97 Å². The molecule has 6 nitrogen and oxygen atoms in total. The van der Waals surface area contributed by atoms with Crippen LogP contribution in [-0.2, 0) is 4.79 Å². The number of rotatable bonds is 3. The van der Waals surface area contributed by atoms with Crippen LogP contribution in [0.4, 0.5) is 5.69 Å². The number of carboxylic acid groups (broad SMARTS) is 1. The second-order valence-corrected chi connectivity index (χ2v) is 5.16. The highest BCUT2D eigenvalue weighted by molar-refractivity contribution is 6.32. The second kappa shape index (κ2) is 5.57. The summed E-state index contributed by atoms with van der Waals surface area (Å²) in [5.74, 6) is 0.0545. The van der Waals surface area contributed by atoms with Crippen LogP contribution in [0.3, 0.4) is 0 Å². The van der Waals surface area contributed by atoms with Gasteiger partial charge in [0.1, 0.15) is 11.5 Å². The Balaban J connectivity index is 1.90. The molecule has 1 aliphatic heterocycles. The SMILES string of the molecule is CC1=NN(c2ccc(C(=O)O)cc2)C(=O)/C1=C\c1ccc(C)o1. The smallest absolute Gasteiger partial charge is 0.335 e. The Bertz CT molecular complexity index is 844. The summed E-state index contributed by atoms with van der Waals surface area (Å²) >= 11 is 0. The van der Waals surface area contributed by atoms with E-state index in [0.29, 0.717) is 22.7 Å². The van der Waals surface area contributed by atoms with Gasteiger partial charge < -0.3 is 9.52 Å². The highest BCUT2D eigenvalue weighted by Gasteiger charge is 2.29. The third kappa shape index (κ3) is 2.78. The first-order valence-corrected chi connectivity index (χ1v) is 6.97. The molecule has 1 aromatic carbocycles. The maximum atomic E-state index is 12.5. The molecule has 23 heavy (non-hydrogen) atoms. The van der Waals surface area contributed by atoms with Crippen LogP contribution in [0.25, 0.3) is 6.08 Å². The Morgan fingerprint density at radius 3 is 2.43 bits per heavy atom. The van der Waals surface area contributed by atoms with Crippen LogP contribution in [0, 0.1) is 6.92 Å². The highest BCUT2D eigenvalue weighted by atomic mass is 16.4. The zero-order valence-corrected chi connectivity index (χ0v) is 12.6. The Kier molecular flexibility index (Phi) is 3.57. The van der Waals surface area contributed by atoms with Crippen molar-refractivity contribution in [3.05, 3.63) is 59.1 Å². The van der Waals surface area contributed by atoms with Gasteiger partial charge >= 0.3 is 5.97 Å². The summed E-state index contributed by atoms with van der Waals surface area (Å²) in [6, 6.07) is 9.59. The van der Waals surface area contributed by atoms with E-state index in [1.165, 1.54) is 17.1 Å². The fraction of sp³-hybridized carbons (Fsp3) is 0.118. The fourth-order valence-corrected chi connectivity index (χ4v) is 2.28. The van der Waals surface area contributed by atoms with E-state index in [1.54, 1.807) is 31.2 Å². The van der Waals surface area contributed by atoms with Crippen LogP contribution >= 0.6 is 0 Å². The minimum atomic E-state index is -1.02. The minimum Gasteiger partial charge on any atom is -0.478 e. The maximum Gasteiger partial charge on any atom is 0.335 e. The normalized spacial score (nSPS) is 16.1. The number of anilines is 1. The van der Waals surface area contributed by atoms with Crippen LogP contribution in [0.15, 0.2) is 51.5 Å². The van der Waals surface area contributed by atoms with Gasteiger partial charge in [-0.05, 0) is 56.3 Å². The number of aryl methyl sites for hydroxylation is 1. The average Bonchev–Trinajstić information content (AvgIpc) is 3.05. The minimum absolute atomic E-state index is 0.155. The van der Waals surface area contributed by atoms with Gasteiger partial charge in [0.2, 0.25) is 0 Å². The summed E-state index contributed by atoms with van der Waals surface area (Å²) in [6.07, 6.45) is 1.65. The van der Waals surface area contributed by atoms with Crippen LogP contribution in [-0.4, -0.2) is 22.7 Å². The molecule has 2 aromatic rings. The summed E-state index contributed by atoms with van der Waals surface area (Å²) in [5.41, 5.74) is 1.69. The first-order valence-electron chi connectivity index (χ1n) is 6.97. The average molecular weight is 310 g/mol. The van der Waals surface area contributed by atoms with E-state index in [9.17, 15) is 9.59 Å². The van der Waals surface area contributed by atoms with E-state index in [4.69, 9.17) is 9.52 Å². The van der Waals surface area contributed by atoms with Crippen molar-refractivity contribution in [2.75, 3.05) is 5.01 Å². The third-order valence-corrected chi connectivity index (χ3v) is 3.47. The van der Waals surface area contributed by atoms with Crippen molar-refractivity contribution in [1.29, 1.82) is 0 Å². The topological polar surface area (TPSA) is 83.1 Å². The van der Waals surface area contributed by atoms with Gasteiger partial charge in [0.25, 0.3) is 5.91 Å². The molecule has 116 valence electrons. The number of carbonyl (C=O) groups is 2. The van der Waals surface area contributed by atoms with E-state index in [0.717, 1.165) is 5.76 Å². The van der Waals surface area contributed by atoms with E-state index in [1.807, 2.05) is 13.0 Å². The van der Waals surface area contributed by atoms with Crippen molar-refractivity contribution in [2.24, 2.45) is 5.10 Å². The number of carboxylic acids is 1. The number of amides is 1. The molecule has 0 saturated heterocycles. The molecule has 1 amide bonds. The third-order valence-electron chi connectivity index (χ3n) is 3.47. The molecule has 3 rings (SSSR count). The summed E-state index contributed by atoms with van der Waals surface area (Å²) in [6.45, 7) is 3.57. The molecule has 0 bridgehead atoms. The van der Waals surface area contributed by atoms with E-state index in [2.05, 4.69) is 5.10 Å². The van der Waals surface area contributed by atoms with E-state index in [-0.39, 0.29) is 11.5 Å². The van der Waals surface area contributed by atoms with Crippen LogP contribution in [0.5, 0.6) is 0 Å². The van der Waals surface area contributed by atoms with Gasteiger partial charge in [-0.1, -0.05) is 0 Å². The second-order valence-electron chi connectivity index (χ2n) is 5.16. The summed E-state index contributed by atoms with van der Waals surface area (Å²) < 4.78 is 5.46. The zero-order valence-electron chi connectivity index (χ0n) is 12.6. The maximum absolute atomic E-state index is 12.5. The Morgan fingerprint density at radius 1 is 1.17 bits per heavy atom. The Labute approximate surface area is 132 Å². The molecule has 0 radical (unpaired) electrons. The number of benzene rings is 1. The van der Waals surface area contributed by atoms with Crippen LogP contribution < -0.4 is 5.01 Å². The molecule has 1 aromatic heterocycles. The monoisotopic (exact) mass is 310 g/mol. The molecule has 1 N–H and O–H groups in total. The predicted molar refractivity (Wildman–Crippen MR) is 85.4 cm³/mol. The number of furan rings is 1. The lowest BCUT2D eigenvalue weighted by Crippen LogP contribution is -2.21. The van der Waals surface area contributed by atoms with Gasteiger partial charge in [-0.2, -0.15) is 10.1 Å². The standard InChI is InChI=1S/C17H14N2O4/c1-10-3-8-14(23-10)9-15-11(2)18-19(16(15)20)13-6-4-12(5-7-13)17(21)22/h3-9H,1-2H3,(H,21,22)/b15-9-. The Morgan fingerprint density at radius 2 is 1.87 bits per heavy atom. The van der Waals surface area contributed by atoms with Crippen molar-refractivity contribution >= 4 is 29.4 Å². The fourth-order valence-electron chi connectivity index (χ4n) is 2.28.